The summed E-state index contributed by atoms with van der Waals surface area (Å²) in [6.07, 6.45) is 0. The van der Waals surface area contributed by atoms with E-state index in [9.17, 15) is 4.79 Å². The van der Waals surface area contributed by atoms with Gasteiger partial charge in [0, 0.05) is 29.3 Å². The van der Waals surface area contributed by atoms with E-state index in [0.29, 0.717) is 0 Å². The Morgan fingerprint density at radius 2 is 2.05 bits per heavy atom. The Bertz CT molecular complexity index is 453. The fourth-order valence-corrected chi connectivity index (χ4v) is 1.86. The van der Waals surface area contributed by atoms with E-state index in [-0.39, 0.29) is 17.2 Å². The molecule has 0 spiro atoms. The van der Waals surface area contributed by atoms with Crippen LogP contribution in [-0.4, -0.2) is 25.7 Å². The average molecular weight is 262 g/mol. The van der Waals surface area contributed by atoms with Gasteiger partial charge in [0.05, 0.1) is 13.2 Å². The second kappa shape index (κ2) is 5.61. The molecule has 1 saturated heterocycles. The first-order valence-corrected chi connectivity index (χ1v) is 6.71. The normalized spacial score (nSPS) is 16.8. The first-order valence-electron chi connectivity index (χ1n) is 6.71. The van der Waals surface area contributed by atoms with Crippen molar-refractivity contribution in [3.8, 4) is 0 Å². The number of benzene rings is 1. The first-order chi connectivity index (χ1) is 8.98. The van der Waals surface area contributed by atoms with Crippen LogP contribution in [0.5, 0.6) is 0 Å². The van der Waals surface area contributed by atoms with Gasteiger partial charge in [0.15, 0.2) is 0 Å². The van der Waals surface area contributed by atoms with Crippen molar-refractivity contribution in [1.82, 2.24) is 0 Å². The lowest BCUT2D eigenvalue weighted by Gasteiger charge is -2.38. The Labute approximate surface area is 114 Å². The summed E-state index contributed by atoms with van der Waals surface area (Å²) >= 11 is 0. The van der Waals surface area contributed by atoms with Gasteiger partial charge in [-0.15, -0.1) is 0 Å². The number of amides is 1. The van der Waals surface area contributed by atoms with Crippen LogP contribution in [0.3, 0.4) is 0 Å². The zero-order valence-corrected chi connectivity index (χ0v) is 11.8. The van der Waals surface area contributed by atoms with Gasteiger partial charge in [-0.1, -0.05) is 26.8 Å². The largest absolute Gasteiger partial charge is 0.384 e. The highest BCUT2D eigenvalue weighted by atomic mass is 16.5. The Morgan fingerprint density at radius 1 is 1.37 bits per heavy atom. The lowest BCUT2D eigenvalue weighted by atomic mass is 9.89. The summed E-state index contributed by atoms with van der Waals surface area (Å²) < 4.78 is 5.23. The quantitative estimate of drug-likeness (QED) is 0.858. The number of hydrogen-bond acceptors (Lipinski definition) is 3. The van der Waals surface area contributed by atoms with Gasteiger partial charge in [-0.2, -0.15) is 0 Å². The van der Waals surface area contributed by atoms with Crippen molar-refractivity contribution in [2.45, 2.75) is 20.8 Å². The molecule has 104 valence electrons. The van der Waals surface area contributed by atoms with Crippen LogP contribution in [-0.2, 0) is 9.53 Å². The summed E-state index contributed by atoms with van der Waals surface area (Å²) in [4.78, 5) is 11.6. The number of rotatable bonds is 5. The maximum absolute atomic E-state index is 11.6. The molecule has 0 aliphatic carbocycles. The van der Waals surface area contributed by atoms with E-state index in [1.165, 1.54) is 0 Å². The van der Waals surface area contributed by atoms with Crippen LogP contribution in [0.2, 0.25) is 0 Å². The molecule has 0 aromatic heterocycles. The van der Waals surface area contributed by atoms with Gasteiger partial charge in [0.2, 0.25) is 5.91 Å². The van der Waals surface area contributed by atoms with E-state index in [0.717, 1.165) is 31.1 Å². The molecular formula is C15H22N2O2. The van der Waals surface area contributed by atoms with Crippen molar-refractivity contribution in [3.63, 3.8) is 0 Å². The average Bonchev–Trinajstić information content (AvgIpc) is 2.34. The topological polar surface area (TPSA) is 50.4 Å². The molecule has 4 nitrogen and oxygen atoms in total. The second-order valence-electron chi connectivity index (χ2n) is 5.88. The van der Waals surface area contributed by atoms with Crippen molar-refractivity contribution in [1.29, 1.82) is 0 Å². The molecule has 19 heavy (non-hydrogen) atoms. The van der Waals surface area contributed by atoms with Crippen LogP contribution in [0.1, 0.15) is 20.8 Å². The molecule has 0 atom stereocenters. The molecule has 0 radical (unpaired) electrons. The van der Waals surface area contributed by atoms with Crippen molar-refractivity contribution in [2.75, 3.05) is 30.4 Å². The van der Waals surface area contributed by atoms with Gasteiger partial charge in [-0.3, -0.25) is 4.79 Å². The highest BCUT2D eigenvalue weighted by molar-refractivity contribution is 5.92. The molecule has 1 aliphatic heterocycles. The third-order valence-corrected chi connectivity index (χ3v) is 3.27. The van der Waals surface area contributed by atoms with Gasteiger partial charge in [-0.25, -0.2) is 0 Å². The summed E-state index contributed by atoms with van der Waals surface area (Å²) in [5.41, 5.74) is 2.09. The molecule has 1 amide bonds. The highest BCUT2D eigenvalue weighted by Crippen LogP contribution is 2.27. The molecule has 2 N–H and O–H groups in total. The predicted octanol–water partition coefficient (Wildman–Crippen LogP) is 2.73. The molecule has 1 aliphatic rings. The smallest absolute Gasteiger partial charge is 0.226 e. The monoisotopic (exact) mass is 262 g/mol. The van der Waals surface area contributed by atoms with Crippen LogP contribution >= 0.6 is 0 Å². The van der Waals surface area contributed by atoms with E-state index < -0.39 is 0 Å². The lowest BCUT2D eigenvalue weighted by molar-refractivity contribution is -0.118. The minimum absolute atomic E-state index is 0.0114. The zero-order valence-electron chi connectivity index (χ0n) is 11.8. The van der Waals surface area contributed by atoms with Gasteiger partial charge in [0.25, 0.3) is 0 Å². The maximum Gasteiger partial charge on any atom is 0.226 e. The van der Waals surface area contributed by atoms with Crippen LogP contribution in [0.15, 0.2) is 24.3 Å². The summed E-state index contributed by atoms with van der Waals surface area (Å²) in [6.45, 7) is 8.47. The zero-order chi connectivity index (χ0) is 13.9. The summed E-state index contributed by atoms with van der Waals surface area (Å²) in [7, 11) is 0. The molecule has 0 unspecified atom stereocenters. The second-order valence-corrected chi connectivity index (χ2v) is 5.88. The molecule has 2 rings (SSSR count). The molecule has 1 aromatic rings. The third kappa shape index (κ3) is 3.70. The van der Waals surface area contributed by atoms with Gasteiger partial charge in [0.1, 0.15) is 0 Å². The number of anilines is 2. The summed E-state index contributed by atoms with van der Waals surface area (Å²) in [6, 6.07) is 7.81. The van der Waals surface area contributed by atoms with Crippen molar-refractivity contribution in [3.05, 3.63) is 24.3 Å². The molecular weight excluding hydrogens is 240 g/mol. The minimum Gasteiger partial charge on any atom is -0.384 e. The Morgan fingerprint density at radius 3 is 2.63 bits per heavy atom. The van der Waals surface area contributed by atoms with E-state index in [1.54, 1.807) is 0 Å². The van der Waals surface area contributed by atoms with Crippen LogP contribution in [0.4, 0.5) is 11.4 Å². The van der Waals surface area contributed by atoms with E-state index in [1.807, 2.05) is 38.1 Å². The number of carbonyl (C=O) groups is 1. The number of nitrogens with one attached hydrogen (secondary N) is 2. The van der Waals surface area contributed by atoms with Crippen molar-refractivity contribution >= 4 is 17.3 Å². The Kier molecular flexibility index (Phi) is 4.10. The van der Waals surface area contributed by atoms with E-state index in [4.69, 9.17) is 4.74 Å². The lowest BCUT2D eigenvalue weighted by Crippen LogP contribution is -2.45. The van der Waals surface area contributed by atoms with Crippen molar-refractivity contribution < 1.29 is 9.53 Å². The van der Waals surface area contributed by atoms with Crippen LogP contribution in [0, 0.1) is 11.3 Å². The van der Waals surface area contributed by atoms with E-state index >= 15 is 0 Å². The standard InChI is InChI=1S/C15H22N2O2/c1-11(2)14(18)17-13-6-4-5-12(7-13)16-8-15(3)9-19-10-15/h4-7,11,16H,8-10H2,1-3H3,(H,17,18). The van der Waals surface area contributed by atoms with Gasteiger partial charge < -0.3 is 15.4 Å². The van der Waals surface area contributed by atoms with Gasteiger partial charge >= 0.3 is 0 Å². The number of carbonyl (C=O) groups excluding carboxylic acids is 1. The highest BCUT2D eigenvalue weighted by Gasteiger charge is 2.32. The van der Waals surface area contributed by atoms with E-state index in [2.05, 4.69) is 17.6 Å². The fraction of sp³-hybridized carbons (Fsp3) is 0.533. The summed E-state index contributed by atoms with van der Waals surface area (Å²) in [5, 5.41) is 6.30. The Balaban J connectivity index is 1.93. The predicted molar refractivity (Wildman–Crippen MR) is 77.3 cm³/mol. The third-order valence-electron chi connectivity index (χ3n) is 3.27. The van der Waals surface area contributed by atoms with Crippen molar-refractivity contribution in [2.24, 2.45) is 11.3 Å². The molecule has 1 fully saturated rings. The summed E-state index contributed by atoms with van der Waals surface area (Å²) in [5.74, 6) is 0.0270. The Hall–Kier alpha value is -1.55. The molecule has 4 heteroatoms. The van der Waals surface area contributed by atoms with Crippen LogP contribution < -0.4 is 10.6 Å². The SMILES string of the molecule is CC(C)C(=O)Nc1cccc(NCC2(C)COC2)c1. The number of ether oxygens (including phenoxy) is 1. The molecule has 0 saturated carbocycles. The maximum atomic E-state index is 11.6. The molecule has 1 heterocycles. The van der Waals surface area contributed by atoms with Crippen LogP contribution in [0.25, 0.3) is 0 Å². The van der Waals surface area contributed by atoms with Gasteiger partial charge in [-0.05, 0) is 18.2 Å². The molecule has 1 aromatic carbocycles. The first kappa shape index (κ1) is 13.9. The minimum atomic E-state index is -0.0114. The molecule has 0 bridgehead atoms. The fourth-order valence-electron chi connectivity index (χ4n) is 1.86. The number of hydrogen-bond donors (Lipinski definition) is 2.